The molecule has 0 atom stereocenters. The Labute approximate surface area is 82.5 Å². The van der Waals surface area contributed by atoms with Crippen molar-refractivity contribution < 1.29 is 13.2 Å². The zero-order chi connectivity index (χ0) is 10.0. The van der Waals surface area contributed by atoms with Crippen LogP contribution in [0.5, 0.6) is 0 Å². The van der Waals surface area contributed by atoms with Gasteiger partial charge in [-0.2, -0.15) is 0 Å². The maximum absolute atomic E-state index is 12.7. The van der Waals surface area contributed by atoms with Gasteiger partial charge < -0.3 is 0 Å². The fourth-order valence-corrected chi connectivity index (χ4v) is 1.37. The molecule has 1 rings (SSSR count). The number of halogens is 5. The van der Waals surface area contributed by atoms with Gasteiger partial charge in [0.15, 0.2) is 5.82 Å². The predicted molar refractivity (Wildman–Crippen MR) is 43.7 cm³/mol. The Morgan fingerprint density at radius 2 is 2.08 bits per heavy atom. The Balaban J connectivity index is 3.30. The molecule has 0 aromatic carbocycles. The standard InChI is InChI=1S/C7H4Cl2F3N/c8-1-4-6(9)5(7(11)12)3(10)2-13-4/h2,7H,1H2. The maximum Gasteiger partial charge on any atom is 0.268 e. The highest BCUT2D eigenvalue weighted by molar-refractivity contribution is 6.32. The molecule has 0 fully saturated rings. The van der Waals surface area contributed by atoms with Crippen LogP contribution in [0, 0.1) is 5.82 Å². The van der Waals surface area contributed by atoms with Gasteiger partial charge in [-0.1, -0.05) is 11.6 Å². The molecule has 72 valence electrons. The van der Waals surface area contributed by atoms with Crippen molar-refractivity contribution in [2.75, 3.05) is 0 Å². The molecule has 0 aliphatic rings. The van der Waals surface area contributed by atoms with Crippen LogP contribution in [-0.2, 0) is 5.88 Å². The molecule has 0 spiro atoms. The number of nitrogens with zero attached hydrogens (tertiary/aromatic N) is 1. The van der Waals surface area contributed by atoms with Gasteiger partial charge in [0.2, 0.25) is 0 Å². The van der Waals surface area contributed by atoms with Gasteiger partial charge in [0.25, 0.3) is 6.43 Å². The van der Waals surface area contributed by atoms with E-state index in [1.165, 1.54) is 0 Å². The highest BCUT2D eigenvalue weighted by Gasteiger charge is 2.20. The molecule has 0 bridgehead atoms. The van der Waals surface area contributed by atoms with E-state index >= 15 is 0 Å². The van der Waals surface area contributed by atoms with E-state index in [0.717, 1.165) is 0 Å². The van der Waals surface area contributed by atoms with Crippen molar-refractivity contribution in [2.24, 2.45) is 0 Å². The summed E-state index contributed by atoms with van der Waals surface area (Å²) in [5.41, 5.74) is -0.785. The van der Waals surface area contributed by atoms with Gasteiger partial charge in [-0.05, 0) is 0 Å². The molecule has 0 unspecified atom stereocenters. The number of hydrogen-bond acceptors (Lipinski definition) is 1. The molecule has 0 saturated carbocycles. The SMILES string of the molecule is Fc1cnc(CCl)c(Cl)c1C(F)F. The zero-order valence-electron chi connectivity index (χ0n) is 6.20. The van der Waals surface area contributed by atoms with E-state index in [2.05, 4.69) is 4.98 Å². The van der Waals surface area contributed by atoms with Crippen LogP contribution in [0.25, 0.3) is 0 Å². The molecule has 0 N–H and O–H groups in total. The Kier molecular flexibility index (Phi) is 3.39. The molecule has 6 heteroatoms. The second kappa shape index (κ2) is 4.15. The molecule has 0 saturated heterocycles. The number of rotatable bonds is 2. The van der Waals surface area contributed by atoms with Crippen LogP contribution in [0.2, 0.25) is 5.02 Å². The highest BCUT2D eigenvalue weighted by atomic mass is 35.5. The predicted octanol–water partition coefficient (Wildman–Crippen LogP) is 3.55. The van der Waals surface area contributed by atoms with E-state index in [9.17, 15) is 13.2 Å². The minimum atomic E-state index is -2.96. The third-order valence-corrected chi connectivity index (χ3v) is 2.10. The molecular weight excluding hydrogens is 226 g/mol. The van der Waals surface area contributed by atoms with Crippen molar-refractivity contribution in [1.29, 1.82) is 0 Å². The average molecular weight is 230 g/mol. The van der Waals surface area contributed by atoms with Crippen LogP contribution in [0.1, 0.15) is 17.7 Å². The second-order valence-electron chi connectivity index (χ2n) is 2.21. The topological polar surface area (TPSA) is 12.9 Å². The summed E-state index contributed by atoms with van der Waals surface area (Å²) in [7, 11) is 0. The first-order chi connectivity index (χ1) is 6.07. The van der Waals surface area contributed by atoms with E-state index in [1.54, 1.807) is 0 Å². The Morgan fingerprint density at radius 1 is 1.46 bits per heavy atom. The summed E-state index contributed by atoms with van der Waals surface area (Å²) in [5, 5.41) is -0.398. The summed E-state index contributed by atoms with van der Waals surface area (Å²) in [6, 6.07) is 0. The fourth-order valence-electron chi connectivity index (χ4n) is 0.814. The third-order valence-electron chi connectivity index (χ3n) is 1.43. The summed E-state index contributed by atoms with van der Waals surface area (Å²) < 4.78 is 37.2. The monoisotopic (exact) mass is 229 g/mol. The first kappa shape index (κ1) is 10.6. The summed E-state index contributed by atoms with van der Waals surface area (Å²) in [6.07, 6.45) is -2.28. The van der Waals surface area contributed by atoms with E-state index < -0.39 is 22.8 Å². The third kappa shape index (κ3) is 2.06. The fraction of sp³-hybridized carbons (Fsp3) is 0.286. The van der Waals surface area contributed by atoms with Crippen molar-refractivity contribution in [2.45, 2.75) is 12.3 Å². The van der Waals surface area contributed by atoms with Crippen molar-refractivity contribution in [3.8, 4) is 0 Å². The van der Waals surface area contributed by atoms with E-state index in [0.29, 0.717) is 6.20 Å². The van der Waals surface area contributed by atoms with Gasteiger partial charge in [-0.3, -0.25) is 4.98 Å². The minimum Gasteiger partial charge on any atom is -0.255 e. The van der Waals surface area contributed by atoms with Crippen LogP contribution in [0.3, 0.4) is 0 Å². The van der Waals surface area contributed by atoms with Crippen LogP contribution in [0.15, 0.2) is 6.20 Å². The molecule has 13 heavy (non-hydrogen) atoms. The molecule has 0 aliphatic heterocycles. The molecule has 0 aliphatic carbocycles. The van der Waals surface area contributed by atoms with Crippen LogP contribution in [0.4, 0.5) is 13.2 Å². The molecule has 1 heterocycles. The van der Waals surface area contributed by atoms with Crippen LogP contribution < -0.4 is 0 Å². The van der Waals surface area contributed by atoms with Gasteiger partial charge in [0.05, 0.1) is 28.4 Å². The molecule has 1 aromatic rings. The largest absolute Gasteiger partial charge is 0.268 e. The molecule has 0 amide bonds. The summed E-state index contributed by atoms with van der Waals surface area (Å²) in [4.78, 5) is 3.47. The lowest BCUT2D eigenvalue weighted by Crippen LogP contribution is -1.98. The van der Waals surface area contributed by atoms with Crippen molar-refractivity contribution in [3.05, 3.63) is 28.3 Å². The zero-order valence-corrected chi connectivity index (χ0v) is 7.71. The summed E-state index contributed by atoms with van der Waals surface area (Å²) in [6.45, 7) is 0. The number of aromatic nitrogens is 1. The van der Waals surface area contributed by atoms with E-state index in [1.807, 2.05) is 0 Å². The lowest BCUT2D eigenvalue weighted by atomic mass is 10.2. The lowest BCUT2D eigenvalue weighted by Gasteiger charge is -2.06. The van der Waals surface area contributed by atoms with Gasteiger partial charge >= 0.3 is 0 Å². The highest BCUT2D eigenvalue weighted by Crippen LogP contribution is 2.31. The molecular formula is C7H4Cl2F3N. The first-order valence-corrected chi connectivity index (χ1v) is 4.16. The van der Waals surface area contributed by atoms with Gasteiger partial charge in [0, 0.05) is 0 Å². The smallest absolute Gasteiger partial charge is 0.255 e. The first-order valence-electron chi connectivity index (χ1n) is 3.24. The van der Waals surface area contributed by atoms with Crippen LogP contribution >= 0.6 is 23.2 Å². The average Bonchev–Trinajstić information content (AvgIpc) is 2.04. The Bertz CT molecular complexity index is 317. The number of pyridine rings is 1. The van der Waals surface area contributed by atoms with Crippen molar-refractivity contribution in [3.63, 3.8) is 0 Å². The van der Waals surface area contributed by atoms with E-state index in [4.69, 9.17) is 23.2 Å². The van der Waals surface area contributed by atoms with Gasteiger partial charge in [0.1, 0.15) is 0 Å². The Morgan fingerprint density at radius 3 is 2.54 bits per heavy atom. The van der Waals surface area contributed by atoms with Gasteiger partial charge in [-0.25, -0.2) is 13.2 Å². The van der Waals surface area contributed by atoms with Crippen molar-refractivity contribution >= 4 is 23.2 Å². The van der Waals surface area contributed by atoms with Crippen molar-refractivity contribution in [1.82, 2.24) is 4.98 Å². The number of alkyl halides is 3. The second-order valence-corrected chi connectivity index (χ2v) is 2.86. The van der Waals surface area contributed by atoms with Crippen LogP contribution in [-0.4, -0.2) is 4.98 Å². The minimum absolute atomic E-state index is 0.0556. The molecule has 0 radical (unpaired) electrons. The quantitative estimate of drug-likeness (QED) is 0.708. The number of hydrogen-bond donors (Lipinski definition) is 0. The normalized spacial score (nSPS) is 10.9. The molecule has 1 aromatic heterocycles. The maximum atomic E-state index is 12.7. The molecule has 1 nitrogen and oxygen atoms in total. The summed E-state index contributed by atoms with van der Waals surface area (Å²) >= 11 is 10.8. The summed E-state index contributed by atoms with van der Waals surface area (Å²) in [5.74, 6) is -1.24. The van der Waals surface area contributed by atoms with E-state index in [-0.39, 0.29) is 11.6 Å². The van der Waals surface area contributed by atoms with Gasteiger partial charge in [-0.15, -0.1) is 11.6 Å². The lowest BCUT2D eigenvalue weighted by molar-refractivity contribution is 0.146. The Hall–Kier alpha value is -0.480.